The van der Waals surface area contributed by atoms with Gasteiger partial charge in [0.2, 0.25) is 0 Å². The minimum atomic E-state index is -0.265. The first-order chi connectivity index (χ1) is 13.8. The lowest BCUT2D eigenvalue weighted by molar-refractivity contribution is 0.0996. The molecule has 0 spiro atoms. The van der Waals surface area contributed by atoms with Crippen molar-refractivity contribution in [2.45, 2.75) is 35.6 Å². The van der Waals surface area contributed by atoms with Crippen LogP contribution in [0.4, 0.5) is 5.69 Å². The van der Waals surface area contributed by atoms with Crippen LogP contribution in [0.1, 0.15) is 33.8 Å². The Bertz CT molecular complexity index is 1150. The monoisotopic (exact) mass is 407 g/mol. The molecule has 1 N–H and O–H groups in total. The van der Waals surface area contributed by atoms with Crippen LogP contribution in [0.5, 0.6) is 0 Å². The molecule has 28 heavy (non-hydrogen) atoms. The lowest BCUT2D eigenvalue weighted by atomic mass is 9.97. The molecule has 0 radical (unpaired) electrons. The molecule has 1 amide bonds. The topological polar surface area (TPSA) is 68.0 Å². The Morgan fingerprint density at radius 3 is 2.89 bits per heavy atom. The van der Waals surface area contributed by atoms with E-state index in [1.807, 2.05) is 24.3 Å². The summed E-state index contributed by atoms with van der Waals surface area (Å²) < 4.78 is 5.20. The minimum Gasteiger partial charge on any atom is -0.459 e. The number of hydrogen-bond acceptors (Lipinski definition) is 6. The summed E-state index contributed by atoms with van der Waals surface area (Å²) in [6.45, 7) is 0. The number of hydrogen-bond donors (Lipinski definition) is 1. The number of nitrogens with zero attached hydrogens (tertiary/aromatic N) is 2. The van der Waals surface area contributed by atoms with E-state index in [1.165, 1.54) is 34.9 Å². The molecule has 0 unspecified atom stereocenters. The molecule has 4 aromatic rings. The van der Waals surface area contributed by atoms with Gasteiger partial charge in [0.15, 0.2) is 5.76 Å². The van der Waals surface area contributed by atoms with E-state index in [1.54, 1.807) is 41.6 Å². The fourth-order valence-electron chi connectivity index (χ4n) is 3.49. The van der Waals surface area contributed by atoms with Gasteiger partial charge in [0, 0.05) is 15.2 Å². The van der Waals surface area contributed by atoms with Gasteiger partial charge in [-0.3, -0.25) is 4.79 Å². The average Bonchev–Trinajstić information content (AvgIpc) is 3.38. The molecule has 0 aliphatic heterocycles. The van der Waals surface area contributed by atoms with E-state index < -0.39 is 0 Å². The Balaban J connectivity index is 1.50. The standard InChI is InChI=1S/C21H17N3O2S2/c25-19(15-8-5-11-26-15)24-14-7-2-4-10-17(14)28-21-18-13-6-1-3-9-16(13)27-20(18)22-12-23-21/h2,4-5,7-8,10-12H,1,3,6,9H2,(H,24,25). The summed E-state index contributed by atoms with van der Waals surface area (Å²) in [4.78, 5) is 24.9. The van der Waals surface area contributed by atoms with Gasteiger partial charge in [0.25, 0.3) is 5.91 Å². The smallest absolute Gasteiger partial charge is 0.291 e. The quantitative estimate of drug-likeness (QED) is 0.448. The molecule has 0 bridgehead atoms. The predicted molar refractivity (Wildman–Crippen MR) is 111 cm³/mol. The summed E-state index contributed by atoms with van der Waals surface area (Å²) in [5.41, 5.74) is 2.15. The highest BCUT2D eigenvalue weighted by atomic mass is 32.2. The van der Waals surface area contributed by atoms with Crippen molar-refractivity contribution >= 4 is 44.9 Å². The SMILES string of the molecule is O=C(Nc1ccccc1Sc1ncnc2sc3c(c12)CCCC3)c1ccco1. The third-order valence-corrected chi connectivity index (χ3v) is 7.08. The van der Waals surface area contributed by atoms with Crippen LogP contribution < -0.4 is 5.32 Å². The Morgan fingerprint density at radius 2 is 2.00 bits per heavy atom. The number of aryl methyl sites for hydroxylation is 2. The fourth-order valence-corrected chi connectivity index (χ4v) is 5.79. The lowest BCUT2D eigenvalue weighted by Crippen LogP contribution is -2.11. The number of para-hydroxylation sites is 1. The van der Waals surface area contributed by atoms with E-state index >= 15 is 0 Å². The Hall–Kier alpha value is -2.64. The molecule has 0 atom stereocenters. The van der Waals surface area contributed by atoms with Crippen LogP contribution in [-0.2, 0) is 12.8 Å². The number of furan rings is 1. The highest BCUT2D eigenvalue weighted by Crippen LogP contribution is 2.42. The molecule has 140 valence electrons. The number of carbonyl (C=O) groups is 1. The van der Waals surface area contributed by atoms with Crippen molar-refractivity contribution in [3.63, 3.8) is 0 Å². The normalized spacial score (nSPS) is 13.4. The van der Waals surface area contributed by atoms with Crippen molar-refractivity contribution in [3.8, 4) is 0 Å². The van der Waals surface area contributed by atoms with Gasteiger partial charge < -0.3 is 9.73 Å². The zero-order valence-corrected chi connectivity index (χ0v) is 16.6. The molecule has 5 nitrogen and oxygen atoms in total. The molecule has 5 rings (SSSR count). The van der Waals surface area contributed by atoms with Crippen LogP contribution in [-0.4, -0.2) is 15.9 Å². The number of fused-ring (bicyclic) bond motifs is 3. The minimum absolute atomic E-state index is 0.265. The highest BCUT2D eigenvalue weighted by molar-refractivity contribution is 7.99. The molecule has 1 aliphatic rings. The van der Waals surface area contributed by atoms with Crippen LogP contribution in [0, 0.1) is 0 Å². The second kappa shape index (κ2) is 7.41. The third kappa shape index (κ3) is 3.21. The summed E-state index contributed by atoms with van der Waals surface area (Å²) in [6.07, 6.45) is 7.82. The van der Waals surface area contributed by atoms with Crippen molar-refractivity contribution in [1.29, 1.82) is 0 Å². The third-order valence-electron chi connectivity index (χ3n) is 4.80. The van der Waals surface area contributed by atoms with Gasteiger partial charge in [0.05, 0.1) is 12.0 Å². The van der Waals surface area contributed by atoms with Gasteiger partial charge in [0.1, 0.15) is 16.2 Å². The van der Waals surface area contributed by atoms with Gasteiger partial charge in [-0.25, -0.2) is 9.97 Å². The van der Waals surface area contributed by atoms with Crippen LogP contribution in [0.25, 0.3) is 10.2 Å². The van der Waals surface area contributed by atoms with Crippen molar-refractivity contribution in [2.24, 2.45) is 0 Å². The Morgan fingerprint density at radius 1 is 1.11 bits per heavy atom. The van der Waals surface area contributed by atoms with E-state index in [9.17, 15) is 4.79 Å². The number of rotatable bonds is 4. The first kappa shape index (κ1) is 17.5. The Kier molecular flexibility index (Phi) is 4.62. The van der Waals surface area contributed by atoms with Gasteiger partial charge in [-0.2, -0.15) is 0 Å². The van der Waals surface area contributed by atoms with Crippen LogP contribution in [0.3, 0.4) is 0 Å². The van der Waals surface area contributed by atoms with Crippen molar-refractivity contribution in [3.05, 3.63) is 65.2 Å². The molecule has 1 aromatic carbocycles. The number of anilines is 1. The van der Waals surface area contributed by atoms with Gasteiger partial charge in [-0.05, 0) is 55.5 Å². The summed E-state index contributed by atoms with van der Waals surface area (Å²) in [5.74, 6) is 0.0231. The largest absolute Gasteiger partial charge is 0.459 e. The maximum absolute atomic E-state index is 12.4. The lowest BCUT2D eigenvalue weighted by Gasteiger charge is -2.13. The van der Waals surface area contributed by atoms with Crippen LogP contribution >= 0.6 is 23.1 Å². The summed E-state index contributed by atoms with van der Waals surface area (Å²) >= 11 is 3.36. The zero-order chi connectivity index (χ0) is 18.9. The van der Waals surface area contributed by atoms with Crippen LogP contribution in [0.2, 0.25) is 0 Å². The molecule has 1 aliphatic carbocycles. The predicted octanol–water partition coefficient (Wildman–Crippen LogP) is 5.57. The maximum atomic E-state index is 12.4. The first-order valence-electron chi connectivity index (χ1n) is 9.16. The second-order valence-corrected chi connectivity index (χ2v) is 8.71. The van der Waals surface area contributed by atoms with E-state index in [0.29, 0.717) is 0 Å². The zero-order valence-electron chi connectivity index (χ0n) is 15.0. The number of thiophene rings is 1. The van der Waals surface area contributed by atoms with Crippen molar-refractivity contribution in [1.82, 2.24) is 9.97 Å². The molecular weight excluding hydrogens is 390 g/mol. The average molecular weight is 408 g/mol. The number of aromatic nitrogens is 2. The first-order valence-corrected chi connectivity index (χ1v) is 10.8. The molecule has 0 saturated carbocycles. The fraction of sp³-hybridized carbons (Fsp3) is 0.190. The van der Waals surface area contributed by atoms with E-state index in [0.717, 1.165) is 33.3 Å². The van der Waals surface area contributed by atoms with Crippen molar-refractivity contribution in [2.75, 3.05) is 5.32 Å². The Labute approximate surface area is 170 Å². The van der Waals surface area contributed by atoms with E-state index in [2.05, 4.69) is 15.3 Å². The maximum Gasteiger partial charge on any atom is 0.291 e. The highest BCUT2D eigenvalue weighted by Gasteiger charge is 2.21. The number of amides is 1. The van der Waals surface area contributed by atoms with Gasteiger partial charge in [-0.15, -0.1) is 11.3 Å². The second-order valence-electron chi connectivity index (χ2n) is 6.60. The summed E-state index contributed by atoms with van der Waals surface area (Å²) in [7, 11) is 0. The molecule has 3 aromatic heterocycles. The van der Waals surface area contributed by atoms with Crippen LogP contribution in [0.15, 0.2) is 63.3 Å². The van der Waals surface area contributed by atoms with Gasteiger partial charge >= 0.3 is 0 Å². The summed E-state index contributed by atoms with van der Waals surface area (Å²) in [6, 6.07) is 11.1. The molecule has 0 saturated heterocycles. The molecular formula is C21H17N3O2S2. The molecule has 0 fully saturated rings. The van der Waals surface area contributed by atoms with Gasteiger partial charge in [-0.1, -0.05) is 23.9 Å². The van der Waals surface area contributed by atoms with Crippen molar-refractivity contribution < 1.29 is 9.21 Å². The van der Waals surface area contributed by atoms with E-state index in [4.69, 9.17) is 4.42 Å². The van der Waals surface area contributed by atoms with E-state index in [-0.39, 0.29) is 11.7 Å². The number of carbonyl (C=O) groups excluding carboxylic acids is 1. The number of nitrogens with one attached hydrogen (secondary N) is 1. The number of benzene rings is 1. The molecule has 7 heteroatoms. The summed E-state index contributed by atoms with van der Waals surface area (Å²) in [5, 5.41) is 5.07. The molecule has 3 heterocycles.